The Bertz CT molecular complexity index is 1240. The zero-order valence-electron chi connectivity index (χ0n) is 18.7. The fraction of sp³-hybridized carbons (Fsp3) is 0.261. The van der Waals surface area contributed by atoms with Crippen molar-refractivity contribution in [1.82, 2.24) is 9.97 Å². The van der Waals surface area contributed by atoms with Crippen molar-refractivity contribution >= 4 is 27.4 Å². The fourth-order valence-electron chi connectivity index (χ4n) is 3.17. The molecule has 0 bridgehead atoms. The predicted octanol–water partition coefficient (Wildman–Crippen LogP) is 3.84. The molecule has 0 spiro atoms. The Morgan fingerprint density at radius 2 is 1.66 bits per heavy atom. The van der Waals surface area contributed by atoms with Crippen molar-refractivity contribution in [3.63, 3.8) is 0 Å². The minimum atomic E-state index is -3.83. The second-order valence-electron chi connectivity index (χ2n) is 7.61. The molecule has 0 radical (unpaired) electrons. The summed E-state index contributed by atoms with van der Waals surface area (Å²) in [7, 11) is -3.83. The van der Waals surface area contributed by atoms with E-state index in [1.165, 1.54) is 24.3 Å². The molecule has 0 saturated carbocycles. The molecule has 0 atom stereocenters. The number of aromatic nitrogens is 2. The molecule has 9 heteroatoms. The first kappa shape index (κ1) is 23.2. The molecule has 3 aromatic rings. The lowest BCUT2D eigenvalue weighted by Gasteiger charge is -2.13. The van der Waals surface area contributed by atoms with Gasteiger partial charge in [0.25, 0.3) is 15.9 Å². The predicted molar refractivity (Wildman–Crippen MR) is 124 cm³/mol. The molecule has 32 heavy (non-hydrogen) atoms. The highest BCUT2D eigenvalue weighted by molar-refractivity contribution is 7.92. The van der Waals surface area contributed by atoms with Gasteiger partial charge in [-0.25, -0.2) is 18.4 Å². The summed E-state index contributed by atoms with van der Waals surface area (Å²) in [5.74, 6) is 0.995. The summed E-state index contributed by atoms with van der Waals surface area (Å²) in [6.07, 6.45) is 0. The number of carbonyl (C=O) groups is 1. The Labute approximate surface area is 188 Å². The monoisotopic (exact) mass is 454 g/mol. The van der Waals surface area contributed by atoms with Crippen LogP contribution in [0, 0.1) is 34.6 Å². The molecule has 0 aliphatic rings. The number of ether oxygens (including phenoxy) is 1. The van der Waals surface area contributed by atoms with E-state index >= 15 is 0 Å². The van der Waals surface area contributed by atoms with Crippen LogP contribution in [-0.2, 0) is 14.8 Å². The SMILES string of the molecule is Cc1cc(C)c(C)c(OCC(=O)Nc2ccc(S(=O)(=O)Nc3cc(C)nc(C)n3)cc2)c1. The van der Waals surface area contributed by atoms with Gasteiger partial charge < -0.3 is 10.1 Å². The van der Waals surface area contributed by atoms with Crippen molar-refractivity contribution in [2.75, 3.05) is 16.6 Å². The average molecular weight is 455 g/mol. The number of amides is 1. The molecule has 3 rings (SSSR count). The third kappa shape index (κ3) is 5.82. The minimum Gasteiger partial charge on any atom is -0.483 e. The van der Waals surface area contributed by atoms with Crippen LogP contribution in [0.5, 0.6) is 5.75 Å². The van der Waals surface area contributed by atoms with Gasteiger partial charge in [0.15, 0.2) is 6.61 Å². The Kier molecular flexibility index (Phi) is 6.78. The summed E-state index contributed by atoms with van der Waals surface area (Å²) in [4.78, 5) is 20.5. The maximum absolute atomic E-state index is 12.6. The number of nitrogens with zero attached hydrogens (tertiary/aromatic N) is 2. The van der Waals surface area contributed by atoms with Crippen LogP contribution in [0.1, 0.15) is 28.2 Å². The van der Waals surface area contributed by atoms with Crippen molar-refractivity contribution in [2.45, 2.75) is 39.5 Å². The number of aryl methyl sites for hydroxylation is 4. The standard InChI is InChI=1S/C23H26N4O4S/c1-14-10-15(2)17(4)21(11-14)31-13-23(28)26-19-6-8-20(9-7-19)32(29,30)27-22-12-16(3)24-18(5)25-22/h6-12H,13H2,1-5H3,(H,26,28)(H,24,25,27). The third-order valence-electron chi connectivity index (χ3n) is 4.78. The molecule has 0 saturated heterocycles. The first-order valence-corrected chi connectivity index (χ1v) is 11.5. The normalized spacial score (nSPS) is 11.2. The first-order chi connectivity index (χ1) is 15.0. The van der Waals surface area contributed by atoms with Crippen molar-refractivity contribution in [2.24, 2.45) is 0 Å². The fourth-order valence-corrected chi connectivity index (χ4v) is 4.17. The number of anilines is 2. The smallest absolute Gasteiger partial charge is 0.263 e. The van der Waals surface area contributed by atoms with E-state index in [4.69, 9.17) is 4.74 Å². The van der Waals surface area contributed by atoms with Gasteiger partial charge in [-0.1, -0.05) is 6.07 Å². The lowest BCUT2D eigenvalue weighted by Crippen LogP contribution is -2.20. The van der Waals surface area contributed by atoms with Crippen molar-refractivity contribution in [3.05, 3.63) is 70.7 Å². The summed E-state index contributed by atoms with van der Waals surface area (Å²) in [5.41, 5.74) is 4.26. The highest BCUT2D eigenvalue weighted by Crippen LogP contribution is 2.23. The Balaban J connectivity index is 1.63. The lowest BCUT2D eigenvalue weighted by atomic mass is 10.1. The highest BCUT2D eigenvalue weighted by Gasteiger charge is 2.16. The van der Waals surface area contributed by atoms with Gasteiger partial charge in [0.05, 0.1) is 4.90 Å². The summed E-state index contributed by atoms with van der Waals surface area (Å²) < 4.78 is 33.4. The quantitative estimate of drug-likeness (QED) is 0.561. The summed E-state index contributed by atoms with van der Waals surface area (Å²) in [6.45, 7) is 9.20. The number of sulfonamides is 1. The number of rotatable bonds is 7. The molecule has 1 amide bonds. The van der Waals surface area contributed by atoms with E-state index in [9.17, 15) is 13.2 Å². The molecular formula is C23H26N4O4S. The van der Waals surface area contributed by atoms with Gasteiger partial charge in [-0.2, -0.15) is 0 Å². The third-order valence-corrected chi connectivity index (χ3v) is 6.15. The second-order valence-corrected chi connectivity index (χ2v) is 9.30. The van der Waals surface area contributed by atoms with Crippen LogP contribution in [0.4, 0.5) is 11.5 Å². The average Bonchev–Trinajstić information content (AvgIpc) is 2.69. The van der Waals surface area contributed by atoms with E-state index in [2.05, 4.69) is 26.1 Å². The highest BCUT2D eigenvalue weighted by atomic mass is 32.2. The Hall–Kier alpha value is -3.46. The van der Waals surface area contributed by atoms with Gasteiger partial charge in [0.1, 0.15) is 17.4 Å². The van der Waals surface area contributed by atoms with E-state index in [0.29, 0.717) is 23.0 Å². The largest absolute Gasteiger partial charge is 0.483 e. The summed E-state index contributed by atoms with van der Waals surface area (Å²) >= 11 is 0. The number of hydrogen-bond acceptors (Lipinski definition) is 6. The van der Waals surface area contributed by atoms with Crippen LogP contribution in [-0.4, -0.2) is 30.9 Å². The molecule has 8 nitrogen and oxygen atoms in total. The van der Waals surface area contributed by atoms with E-state index in [0.717, 1.165) is 16.7 Å². The van der Waals surface area contributed by atoms with Gasteiger partial charge in [0, 0.05) is 17.4 Å². The van der Waals surface area contributed by atoms with E-state index < -0.39 is 10.0 Å². The number of hydrogen-bond donors (Lipinski definition) is 2. The van der Waals surface area contributed by atoms with Crippen LogP contribution in [0.25, 0.3) is 0 Å². The van der Waals surface area contributed by atoms with Crippen LogP contribution in [0.15, 0.2) is 47.4 Å². The van der Waals surface area contributed by atoms with Gasteiger partial charge in [-0.3, -0.25) is 9.52 Å². The molecule has 2 N–H and O–H groups in total. The Morgan fingerprint density at radius 1 is 0.969 bits per heavy atom. The second kappa shape index (κ2) is 9.35. The molecule has 0 aliphatic heterocycles. The maximum atomic E-state index is 12.6. The van der Waals surface area contributed by atoms with E-state index in [1.807, 2.05) is 26.8 Å². The van der Waals surface area contributed by atoms with Crippen LogP contribution < -0.4 is 14.8 Å². The van der Waals surface area contributed by atoms with Gasteiger partial charge in [-0.05, 0) is 81.6 Å². The summed E-state index contributed by atoms with van der Waals surface area (Å²) in [5, 5.41) is 2.70. The first-order valence-electron chi connectivity index (χ1n) is 9.99. The van der Waals surface area contributed by atoms with Gasteiger partial charge in [-0.15, -0.1) is 0 Å². The molecule has 2 aromatic carbocycles. The maximum Gasteiger partial charge on any atom is 0.263 e. The number of carbonyl (C=O) groups excluding carboxylic acids is 1. The molecule has 168 valence electrons. The molecule has 1 heterocycles. The minimum absolute atomic E-state index is 0.0477. The lowest BCUT2D eigenvalue weighted by molar-refractivity contribution is -0.118. The summed E-state index contributed by atoms with van der Waals surface area (Å²) in [6, 6.07) is 11.4. The van der Waals surface area contributed by atoms with Crippen molar-refractivity contribution in [3.8, 4) is 5.75 Å². The number of nitrogens with one attached hydrogen (secondary N) is 2. The van der Waals surface area contributed by atoms with Crippen LogP contribution in [0.2, 0.25) is 0 Å². The molecule has 0 unspecified atom stereocenters. The number of benzene rings is 2. The Morgan fingerprint density at radius 3 is 2.31 bits per heavy atom. The molecular weight excluding hydrogens is 428 g/mol. The molecule has 0 aliphatic carbocycles. The van der Waals surface area contributed by atoms with Gasteiger partial charge >= 0.3 is 0 Å². The van der Waals surface area contributed by atoms with E-state index in [1.54, 1.807) is 19.9 Å². The zero-order valence-corrected chi connectivity index (χ0v) is 19.5. The van der Waals surface area contributed by atoms with E-state index in [-0.39, 0.29) is 23.2 Å². The van der Waals surface area contributed by atoms with Crippen LogP contribution in [0.3, 0.4) is 0 Å². The van der Waals surface area contributed by atoms with Crippen molar-refractivity contribution < 1.29 is 17.9 Å². The van der Waals surface area contributed by atoms with Crippen molar-refractivity contribution in [1.29, 1.82) is 0 Å². The zero-order chi connectivity index (χ0) is 23.5. The van der Waals surface area contributed by atoms with Crippen LogP contribution >= 0.6 is 0 Å². The molecule has 0 fully saturated rings. The molecule has 1 aromatic heterocycles. The van der Waals surface area contributed by atoms with Gasteiger partial charge in [0.2, 0.25) is 0 Å². The topological polar surface area (TPSA) is 110 Å².